The molecule has 0 aromatic carbocycles. The molecule has 1 aliphatic heterocycles. The highest BCUT2D eigenvalue weighted by Gasteiger charge is 2.30. The Labute approximate surface area is 52.2 Å². The first kappa shape index (κ1) is 4.88. The van der Waals surface area contributed by atoms with E-state index < -0.39 is 0 Å². The van der Waals surface area contributed by atoms with Gasteiger partial charge in [0.2, 0.25) is 0 Å². The standard InChI is InChI=1S/C6H6O3/c7-4-1-2-5-6(4)9-3-8-5/h1-2,6-7H,3H2. The molecule has 1 N–H and O–H groups in total. The lowest BCUT2D eigenvalue weighted by Crippen LogP contribution is -2.06. The van der Waals surface area contributed by atoms with Gasteiger partial charge in [0.15, 0.2) is 12.9 Å². The van der Waals surface area contributed by atoms with Gasteiger partial charge in [-0.05, 0) is 12.2 Å². The molecule has 1 atom stereocenters. The summed E-state index contributed by atoms with van der Waals surface area (Å²) < 4.78 is 9.95. The SMILES string of the molecule is OC1=CC=C2OCOC12. The van der Waals surface area contributed by atoms with Crippen molar-refractivity contribution in [2.24, 2.45) is 0 Å². The first-order valence-electron chi connectivity index (χ1n) is 2.73. The number of aliphatic hydroxyl groups is 1. The number of allylic oxidation sites excluding steroid dienone is 2. The van der Waals surface area contributed by atoms with Crippen molar-refractivity contribution in [2.75, 3.05) is 6.79 Å². The summed E-state index contributed by atoms with van der Waals surface area (Å²) in [6.07, 6.45) is 3.00. The number of fused-ring (bicyclic) bond motifs is 1. The quantitative estimate of drug-likeness (QED) is 0.519. The Morgan fingerprint density at radius 1 is 1.56 bits per heavy atom. The van der Waals surface area contributed by atoms with Crippen LogP contribution in [0.25, 0.3) is 0 Å². The molecule has 2 rings (SSSR count). The third-order valence-electron chi connectivity index (χ3n) is 1.41. The summed E-state index contributed by atoms with van der Waals surface area (Å²) in [5.74, 6) is 0.954. The van der Waals surface area contributed by atoms with E-state index in [1.165, 1.54) is 0 Å². The summed E-state index contributed by atoms with van der Waals surface area (Å²) in [5.41, 5.74) is 0. The minimum Gasteiger partial charge on any atom is -0.509 e. The highest BCUT2D eigenvalue weighted by atomic mass is 16.7. The van der Waals surface area contributed by atoms with Crippen molar-refractivity contribution < 1.29 is 14.6 Å². The van der Waals surface area contributed by atoms with E-state index in [-0.39, 0.29) is 18.7 Å². The monoisotopic (exact) mass is 126 g/mol. The van der Waals surface area contributed by atoms with E-state index in [2.05, 4.69) is 0 Å². The zero-order valence-electron chi connectivity index (χ0n) is 4.70. The second kappa shape index (κ2) is 1.51. The average molecular weight is 126 g/mol. The Bertz CT molecular complexity index is 192. The maximum absolute atomic E-state index is 9.00. The third kappa shape index (κ3) is 0.549. The van der Waals surface area contributed by atoms with E-state index in [1.54, 1.807) is 12.2 Å². The molecule has 9 heavy (non-hydrogen) atoms. The van der Waals surface area contributed by atoms with Gasteiger partial charge in [-0.2, -0.15) is 0 Å². The van der Waals surface area contributed by atoms with E-state index in [4.69, 9.17) is 14.6 Å². The number of hydrogen-bond acceptors (Lipinski definition) is 3. The molecule has 0 saturated carbocycles. The van der Waals surface area contributed by atoms with Crippen LogP contribution < -0.4 is 0 Å². The van der Waals surface area contributed by atoms with Gasteiger partial charge in [0.05, 0.1) is 0 Å². The van der Waals surface area contributed by atoms with Crippen molar-refractivity contribution in [3.05, 3.63) is 23.7 Å². The van der Waals surface area contributed by atoms with Crippen LogP contribution in [-0.2, 0) is 9.47 Å². The second-order valence-electron chi connectivity index (χ2n) is 1.97. The van der Waals surface area contributed by atoms with Gasteiger partial charge >= 0.3 is 0 Å². The number of hydrogen-bond donors (Lipinski definition) is 1. The molecule has 0 radical (unpaired) electrons. The van der Waals surface area contributed by atoms with E-state index in [1.807, 2.05) is 0 Å². The van der Waals surface area contributed by atoms with Crippen LogP contribution in [0.1, 0.15) is 0 Å². The average Bonchev–Trinajstić information content (AvgIpc) is 2.35. The highest BCUT2D eigenvalue weighted by Crippen LogP contribution is 2.26. The third-order valence-corrected chi connectivity index (χ3v) is 1.41. The summed E-state index contributed by atoms with van der Waals surface area (Å²) in [6, 6.07) is 0. The Balaban J connectivity index is 2.28. The summed E-state index contributed by atoms with van der Waals surface area (Å²) in [6.45, 7) is 0.258. The minimum atomic E-state index is -0.301. The van der Waals surface area contributed by atoms with Gasteiger partial charge in [-0.25, -0.2) is 0 Å². The van der Waals surface area contributed by atoms with Gasteiger partial charge in [0.25, 0.3) is 0 Å². The van der Waals surface area contributed by atoms with Crippen LogP contribution in [0.4, 0.5) is 0 Å². The van der Waals surface area contributed by atoms with Gasteiger partial charge in [-0.15, -0.1) is 0 Å². The van der Waals surface area contributed by atoms with Crippen molar-refractivity contribution >= 4 is 0 Å². The van der Waals surface area contributed by atoms with Crippen LogP contribution in [0.15, 0.2) is 23.7 Å². The number of rotatable bonds is 0. The maximum Gasteiger partial charge on any atom is 0.190 e. The van der Waals surface area contributed by atoms with Crippen molar-refractivity contribution in [2.45, 2.75) is 6.10 Å². The molecular weight excluding hydrogens is 120 g/mol. The summed E-state index contributed by atoms with van der Waals surface area (Å²) >= 11 is 0. The molecule has 0 amide bonds. The summed E-state index contributed by atoms with van der Waals surface area (Å²) in [5, 5.41) is 9.00. The number of aliphatic hydroxyl groups excluding tert-OH is 1. The van der Waals surface area contributed by atoms with Crippen LogP contribution in [0.5, 0.6) is 0 Å². The fourth-order valence-electron chi connectivity index (χ4n) is 0.949. The van der Waals surface area contributed by atoms with Crippen LogP contribution in [0.3, 0.4) is 0 Å². The fraction of sp³-hybridized carbons (Fsp3) is 0.333. The lowest BCUT2D eigenvalue weighted by atomic mass is 10.3. The molecule has 1 heterocycles. The Kier molecular flexibility index (Phi) is 0.818. The predicted octanol–water partition coefficient (Wildman–Crippen LogP) is 0.699. The first-order valence-corrected chi connectivity index (χ1v) is 2.73. The van der Waals surface area contributed by atoms with E-state index >= 15 is 0 Å². The molecule has 1 aliphatic carbocycles. The zero-order chi connectivity index (χ0) is 6.27. The summed E-state index contributed by atoms with van der Waals surface area (Å²) in [4.78, 5) is 0. The predicted molar refractivity (Wildman–Crippen MR) is 29.6 cm³/mol. The molecule has 0 spiro atoms. The molecule has 1 fully saturated rings. The van der Waals surface area contributed by atoms with Crippen molar-refractivity contribution in [3.8, 4) is 0 Å². The molecule has 0 aromatic heterocycles. The van der Waals surface area contributed by atoms with Crippen molar-refractivity contribution in [3.63, 3.8) is 0 Å². The second-order valence-corrected chi connectivity index (χ2v) is 1.97. The van der Waals surface area contributed by atoms with Gasteiger partial charge in [-0.1, -0.05) is 0 Å². The molecule has 48 valence electrons. The minimum absolute atomic E-state index is 0.238. The molecule has 2 aliphatic rings. The Morgan fingerprint density at radius 2 is 2.44 bits per heavy atom. The molecular formula is C6H6O3. The van der Waals surface area contributed by atoms with Crippen LogP contribution >= 0.6 is 0 Å². The van der Waals surface area contributed by atoms with Crippen molar-refractivity contribution in [1.82, 2.24) is 0 Å². The van der Waals surface area contributed by atoms with E-state index in [0.717, 1.165) is 0 Å². The largest absolute Gasteiger partial charge is 0.509 e. The van der Waals surface area contributed by atoms with Crippen LogP contribution in [0, 0.1) is 0 Å². The normalized spacial score (nSPS) is 30.9. The smallest absolute Gasteiger partial charge is 0.190 e. The van der Waals surface area contributed by atoms with Crippen LogP contribution in [0.2, 0.25) is 0 Å². The molecule has 0 aromatic rings. The highest BCUT2D eigenvalue weighted by molar-refractivity contribution is 5.30. The zero-order valence-corrected chi connectivity index (χ0v) is 4.70. The van der Waals surface area contributed by atoms with Gasteiger partial charge in [0, 0.05) is 0 Å². The fourth-order valence-corrected chi connectivity index (χ4v) is 0.949. The van der Waals surface area contributed by atoms with Gasteiger partial charge < -0.3 is 14.6 Å². The van der Waals surface area contributed by atoms with E-state index in [0.29, 0.717) is 5.76 Å². The maximum atomic E-state index is 9.00. The number of ether oxygens (including phenoxy) is 2. The molecule has 1 unspecified atom stereocenters. The van der Waals surface area contributed by atoms with Gasteiger partial charge in [0.1, 0.15) is 11.5 Å². The molecule has 0 bridgehead atoms. The Morgan fingerprint density at radius 3 is 3.22 bits per heavy atom. The summed E-state index contributed by atoms with van der Waals surface area (Å²) in [7, 11) is 0. The van der Waals surface area contributed by atoms with Crippen molar-refractivity contribution in [1.29, 1.82) is 0 Å². The topological polar surface area (TPSA) is 38.7 Å². The lowest BCUT2D eigenvalue weighted by molar-refractivity contribution is 0.0472. The first-order chi connectivity index (χ1) is 4.38. The van der Waals surface area contributed by atoms with Crippen LogP contribution in [-0.4, -0.2) is 18.0 Å². The van der Waals surface area contributed by atoms with Gasteiger partial charge in [-0.3, -0.25) is 0 Å². The van der Waals surface area contributed by atoms with E-state index in [9.17, 15) is 0 Å². The molecule has 3 heteroatoms. The lowest BCUT2D eigenvalue weighted by Gasteiger charge is -1.99. The molecule has 3 nitrogen and oxygen atoms in total. The Hall–Kier alpha value is -0.960. The molecule has 1 saturated heterocycles.